The summed E-state index contributed by atoms with van der Waals surface area (Å²) >= 11 is 13.9. The molecule has 3 heteroatoms. The molecule has 0 fully saturated rings. The summed E-state index contributed by atoms with van der Waals surface area (Å²) in [6.45, 7) is 0. The number of hydrogen-bond acceptors (Lipinski definition) is 1. The number of hydrogen-bond donors (Lipinski definition) is 0. The molecule has 1 aromatic heterocycles. The van der Waals surface area contributed by atoms with Gasteiger partial charge in [0.25, 0.3) is 0 Å². The molecule has 0 N–H and O–H groups in total. The first-order valence-electron chi connectivity index (χ1n) is 5.69. The Balaban J connectivity index is 1.79. The highest BCUT2D eigenvalue weighted by atomic mass is 35.5. The first-order chi connectivity index (χ1) is 8.25. The highest BCUT2D eigenvalue weighted by molar-refractivity contribution is 7.16. The van der Waals surface area contributed by atoms with Gasteiger partial charge in [-0.2, -0.15) is 0 Å². The van der Waals surface area contributed by atoms with E-state index in [1.165, 1.54) is 10.4 Å². The summed E-state index contributed by atoms with van der Waals surface area (Å²) in [6.07, 6.45) is 3.16. The third-order valence-corrected chi connectivity index (χ3v) is 4.43. The van der Waals surface area contributed by atoms with Crippen molar-refractivity contribution in [2.75, 3.05) is 0 Å². The van der Waals surface area contributed by atoms with E-state index in [0.717, 1.165) is 23.6 Å². The van der Waals surface area contributed by atoms with Gasteiger partial charge in [-0.25, -0.2) is 0 Å². The molecule has 0 radical (unpaired) electrons. The number of rotatable bonds is 5. The van der Waals surface area contributed by atoms with Crippen LogP contribution in [0, 0.1) is 0 Å². The molecule has 0 amide bonds. The van der Waals surface area contributed by atoms with Gasteiger partial charge in [0, 0.05) is 4.88 Å². The van der Waals surface area contributed by atoms with Crippen molar-refractivity contribution < 1.29 is 0 Å². The maximum Gasteiger partial charge on any atom is 0.0931 e. The predicted octanol–water partition coefficient (Wildman–Crippen LogP) is 5.70. The molecule has 1 unspecified atom stereocenters. The summed E-state index contributed by atoms with van der Waals surface area (Å²) in [6, 6.07) is 14.3. The molecule has 0 saturated heterocycles. The zero-order valence-electron chi connectivity index (χ0n) is 9.40. The first kappa shape index (κ1) is 12.9. The Labute approximate surface area is 116 Å². The van der Waals surface area contributed by atoms with Crippen molar-refractivity contribution in [3.63, 3.8) is 0 Å². The summed E-state index contributed by atoms with van der Waals surface area (Å²) in [7, 11) is 0. The van der Waals surface area contributed by atoms with E-state index < -0.39 is 0 Å². The van der Waals surface area contributed by atoms with Crippen molar-refractivity contribution in [1.82, 2.24) is 0 Å². The Kier molecular flexibility index (Phi) is 4.90. The Morgan fingerprint density at radius 3 is 2.47 bits per heavy atom. The van der Waals surface area contributed by atoms with E-state index in [-0.39, 0.29) is 5.38 Å². The van der Waals surface area contributed by atoms with Gasteiger partial charge in [0.15, 0.2) is 0 Å². The molecule has 0 bridgehead atoms. The molecule has 1 atom stereocenters. The minimum Gasteiger partial charge on any atom is -0.128 e. The van der Waals surface area contributed by atoms with Crippen LogP contribution in [0.5, 0.6) is 0 Å². The van der Waals surface area contributed by atoms with Gasteiger partial charge in [-0.3, -0.25) is 0 Å². The number of aryl methyl sites for hydroxylation is 1. The summed E-state index contributed by atoms with van der Waals surface area (Å²) < 4.78 is 0.866. The average Bonchev–Trinajstić information content (AvgIpc) is 2.76. The monoisotopic (exact) mass is 284 g/mol. The summed E-state index contributed by atoms with van der Waals surface area (Å²) in [5.74, 6) is 0. The van der Waals surface area contributed by atoms with E-state index in [4.69, 9.17) is 23.2 Å². The fourth-order valence-corrected chi connectivity index (χ4v) is 3.20. The van der Waals surface area contributed by atoms with Crippen LogP contribution in [-0.2, 0) is 6.42 Å². The van der Waals surface area contributed by atoms with Crippen LogP contribution in [0.15, 0.2) is 42.5 Å². The van der Waals surface area contributed by atoms with Crippen molar-refractivity contribution in [2.45, 2.75) is 24.6 Å². The quantitative estimate of drug-likeness (QED) is 0.618. The molecule has 90 valence electrons. The van der Waals surface area contributed by atoms with Crippen LogP contribution < -0.4 is 0 Å². The minimum absolute atomic E-state index is 0.117. The maximum absolute atomic E-state index is 6.35. The minimum atomic E-state index is 0.117. The molecule has 1 aromatic carbocycles. The van der Waals surface area contributed by atoms with E-state index in [2.05, 4.69) is 18.2 Å². The summed E-state index contributed by atoms with van der Waals surface area (Å²) in [4.78, 5) is 1.34. The van der Waals surface area contributed by atoms with Crippen molar-refractivity contribution in [3.8, 4) is 0 Å². The Morgan fingerprint density at radius 1 is 1.06 bits per heavy atom. The summed E-state index contributed by atoms with van der Waals surface area (Å²) in [5, 5.41) is 0.117. The lowest BCUT2D eigenvalue weighted by Gasteiger charge is -2.08. The fourth-order valence-electron chi connectivity index (χ4n) is 1.77. The lowest BCUT2D eigenvalue weighted by molar-refractivity contribution is 0.721. The predicted molar refractivity (Wildman–Crippen MR) is 77.3 cm³/mol. The molecule has 2 aromatic rings. The van der Waals surface area contributed by atoms with Crippen molar-refractivity contribution >= 4 is 34.5 Å². The van der Waals surface area contributed by atoms with Crippen LogP contribution in [0.3, 0.4) is 0 Å². The van der Waals surface area contributed by atoms with Gasteiger partial charge >= 0.3 is 0 Å². The van der Waals surface area contributed by atoms with Crippen LogP contribution >= 0.6 is 34.5 Å². The van der Waals surface area contributed by atoms with Crippen molar-refractivity contribution in [1.29, 1.82) is 0 Å². The van der Waals surface area contributed by atoms with Crippen LogP contribution in [0.25, 0.3) is 0 Å². The normalized spacial score (nSPS) is 12.6. The molecular formula is C14H14Cl2S. The van der Waals surface area contributed by atoms with Gasteiger partial charge in [-0.15, -0.1) is 22.9 Å². The molecule has 1 heterocycles. The van der Waals surface area contributed by atoms with Gasteiger partial charge in [0.05, 0.1) is 9.71 Å². The Hall–Kier alpha value is -0.500. The fraction of sp³-hybridized carbons (Fsp3) is 0.286. The average molecular weight is 285 g/mol. The lowest BCUT2D eigenvalue weighted by atomic mass is 10.1. The summed E-state index contributed by atoms with van der Waals surface area (Å²) in [5.41, 5.74) is 1.21. The van der Waals surface area contributed by atoms with Gasteiger partial charge in [0.2, 0.25) is 0 Å². The SMILES string of the molecule is Clc1ccc(CCCC(Cl)c2ccccc2)s1. The van der Waals surface area contributed by atoms with Crippen LogP contribution in [0.4, 0.5) is 0 Å². The highest BCUT2D eigenvalue weighted by Gasteiger charge is 2.07. The zero-order chi connectivity index (χ0) is 12.1. The molecule has 2 rings (SSSR count). The molecular weight excluding hydrogens is 271 g/mol. The van der Waals surface area contributed by atoms with E-state index in [1.807, 2.05) is 24.3 Å². The first-order valence-corrected chi connectivity index (χ1v) is 7.32. The van der Waals surface area contributed by atoms with Crippen LogP contribution in [0.2, 0.25) is 4.34 Å². The molecule has 0 spiro atoms. The number of alkyl halides is 1. The number of halogens is 2. The molecule has 0 saturated carbocycles. The topological polar surface area (TPSA) is 0 Å². The second-order valence-corrected chi connectivity index (χ2v) is 6.30. The van der Waals surface area contributed by atoms with E-state index in [9.17, 15) is 0 Å². The largest absolute Gasteiger partial charge is 0.128 e. The molecule has 0 aliphatic carbocycles. The third-order valence-electron chi connectivity index (χ3n) is 2.67. The van der Waals surface area contributed by atoms with Gasteiger partial charge in [-0.1, -0.05) is 41.9 Å². The second kappa shape index (κ2) is 6.44. The molecule has 0 aliphatic heterocycles. The van der Waals surface area contributed by atoms with Gasteiger partial charge < -0.3 is 0 Å². The van der Waals surface area contributed by atoms with Crippen molar-refractivity contribution in [2.24, 2.45) is 0 Å². The Bertz CT molecular complexity index is 450. The van der Waals surface area contributed by atoms with Gasteiger partial charge in [0.1, 0.15) is 0 Å². The maximum atomic E-state index is 6.35. The van der Waals surface area contributed by atoms with Crippen molar-refractivity contribution in [3.05, 3.63) is 57.2 Å². The van der Waals surface area contributed by atoms with E-state index in [0.29, 0.717) is 0 Å². The number of benzene rings is 1. The van der Waals surface area contributed by atoms with Gasteiger partial charge in [-0.05, 0) is 37.0 Å². The second-order valence-electron chi connectivity index (χ2n) is 3.98. The van der Waals surface area contributed by atoms with E-state index in [1.54, 1.807) is 11.3 Å². The standard InChI is InChI=1S/C14H14Cl2S/c15-13(11-5-2-1-3-6-11)8-4-7-12-9-10-14(16)17-12/h1-3,5-6,9-10,13H,4,7-8H2. The highest BCUT2D eigenvalue weighted by Crippen LogP contribution is 2.28. The Morgan fingerprint density at radius 2 is 1.82 bits per heavy atom. The van der Waals surface area contributed by atoms with E-state index >= 15 is 0 Å². The van der Waals surface area contributed by atoms with Crippen LogP contribution in [-0.4, -0.2) is 0 Å². The molecule has 17 heavy (non-hydrogen) atoms. The lowest BCUT2D eigenvalue weighted by Crippen LogP contribution is -1.91. The third kappa shape index (κ3) is 4.02. The van der Waals surface area contributed by atoms with Crippen LogP contribution in [0.1, 0.15) is 28.7 Å². The molecule has 0 nitrogen and oxygen atoms in total. The number of thiophene rings is 1. The smallest absolute Gasteiger partial charge is 0.0931 e. The zero-order valence-corrected chi connectivity index (χ0v) is 11.7. The molecule has 0 aliphatic rings.